The van der Waals surface area contributed by atoms with E-state index in [1.54, 1.807) is 0 Å². The fourth-order valence-electron chi connectivity index (χ4n) is 4.47. The molecule has 1 saturated heterocycles. The fourth-order valence-corrected chi connectivity index (χ4v) is 8.56. The first-order valence-electron chi connectivity index (χ1n) is 10.8. The number of esters is 1. The third-order valence-electron chi connectivity index (χ3n) is 5.89. The van der Waals surface area contributed by atoms with Gasteiger partial charge in [0.1, 0.15) is 12.8 Å². The average Bonchev–Trinajstić information content (AvgIpc) is 2.70. The minimum absolute atomic E-state index is 0.0381. The minimum Gasteiger partial charge on any atom is -0.458 e. The molecule has 2 aromatic rings. The third kappa shape index (κ3) is 6.15. The molecule has 5 heteroatoms. The first kappa shape index (κ1) is 22.5. The Morgan fingerprint density at radius 3 is 2.20 bits per heavy atom. The number of hydrogen-bond acceptors (Lipinski definition) is 3. The van der Waals surface area contributed by atoms with Crippen LogP contribution in [-0.4, -0.2) is 36.5 Å². The highest BCUT2D eigenvalue weighted by molar-refractivity contribution is 7.77. The van der Waals surface area contributed by atoms with E-state index in [0.717, 1.165) is 47.5 Å². The zero-order chi connectivity index (χ0) is 21.6. The van der Waals surface area contributed by atoms with Gasteiger partial charge in [-0.15, -0.1) is 0 Å². The molecule has 0 bridgehead atoms. The van der Waals surface area contributed by atoms with E-state index >= 15 is 0 Å². The van der Waals surface area contributed by atoms with Gasteiger partial charge in [0, 0.05) is 12.9 Å². The zero-order valence-corrected chi connectivity index (χ0v) is 19.3. The van der Waals surface area contributed by atoms with Gasteiger partial charge in [0.05, 0.1) is 12.3 Å². The lowest BCUT2D eigenvalue weighted by Gasteiger charge is -2.29. The number of hydrogen-bond donors (Lipinski definition) is 1. The van der Waals surface area contributed by atoms with Crippen LogP contribution in [0.15, 0.2) is 42.5 Å². The lowest BCUT2D eigenvalue weighted by atomic mass is 10.1. The quantitative estimate of drug-likeness (QED) is 0.470. The van der Waals surface area contributed by atoms with Crippen molar-refractivity contribution in [1.29, 1.82) is 0 Å². The van der Waals surface area contributed by atoms with Crippen LogP contribution >= 0.6 is 7.26 Å². The molecule has 1 aliphatic heterocycles. The van der Waals surface area contributed by atoms with Gasteiger partial charge >= 0.3 is 5.97 Å². The number of amides is 1. The Morgan fingerprint density at radius 2 is 1.57 bits per heavy atom. The molecule has 0 aliphatic carbocycles. The number of carbonyl (C=O) groups excluding carboxylic acids is 2. The molecule has 2 aromatic carbocycles. The Labute approximate surface area is 180 Å². The van der Waals surface area contributed by atoms with Crippen LogP contribution in [0.25, 0.3) is 0 Å². The molecule has 1 heterocycles. The SMILES string of the molecule is Cc1cc(C)c(NC(=O)C[P+]2(CC(=O)OCc3ccccc3)CCCCC2)c(C)c1. The van der Waals surface area contributed by atoms with Gasteiger partial charge in [-0.3, -0.25) is 4.79 Å². The van der Waals surface area contributed by atoms with Gasteiger partial charge in [-0.1, -0.05) is 48.0 Å². The lowest BCUT2D eigenvalue weighted by molar-refractivity contribution is -0.141. The minimum atomic E-state index is -1.69. The molecular formula is C25H33NO3P+. The van der Waals surface area contributed by atoms with Crippen molar-refractivity contribution in [3.8, 4) is 0 Å². The Balaban J connectivity index is 1.64. The van der Waals surface area contributed by atoms with E-state index in [1.165, 1.54) is 12.0 Å². The molecule has 0 atom stereocenters. The maximum Gasteiger partial charge on any atom is 0.344 e. The third-order valence-corrected chi connectivity index (χ3v) is 10.3. The number of anilines is 1. The Hall–Kier alpha value is -2.19. The second kappa shape index (κ2) is 10.2. The second-order valence-electron chi connectivity index (χ2n) is 8.63. The molecule has 1 aliphatic rings. The van der Waals surface area contributed by atoms with Crippen LogP contribution in [0.3, 0.4) is 0 Å². The highest BCUT2D eigenvalue weighted by Gasteiger charge is 2.43. The number of rotatable bonds is 7. The van der Waals surface area contributed by atoms with E-state index < -0.39 is 7.26 Å². The first-order valence-corrected chi connectivity index (χ1v) is 13.3. The van der Waals surface area contributed by atoms with Crippen LogP contribution in [0.5, 0.6) is 0 Å². The molecule has 30 heavy (non-hydrogen) atoms. The fraction of sp³-hybridized carbons (Fsp3) is 0.440. The zero-order valence-electron chi connectivity index (χ0n) is 18.4. The number of ether oxygens (including phenoxy) is 1. The molecule has 1 fully saturated rings. The molecule has 3 rings (SSSR count). The van der Waals surface area contributed by atoms with Crippen LogP contribution in [0.2, 0.25) is 0 Å². The maximum absolute atomic E-state index is 13.0. The number of aryl methyl sites for hydroxylation is 3. The Morgan fingerprint density at radius 1 is 0.933 bits per heavy atom. The Kier molecular flexibility index (Phi) is 7.66. The number of benzene rings is 2. The van der Waals surface area contributed by atoms with E-state index in [-0.39, 0.29) is 11.9 Å². The molecule has 1 N–H and O–H groups in total. The topological polar surface area (TPSA) is 55.4 Å². The maximum atomic E-state index is 13.0. The summed E-state index contributed by atoms with van der Waals surface area (Å²) in [6, 6.07) is 13.9. The van der Waals surface area contributed by atoms with Crippen LogP contribution in [0, 0.1) is 20.8 Å². The standard InChI is InChI=1S/C25H32NO3P/c1-19-14-20(2)25(21(3)15-19)26-23(27)17-30(12-8-5-9-13-30)18-24(28)29-16-22-10-6-4-7-11-22/h4,6-7,10-11,14-15H,5,8-9,12-13,16-18H2,1-3H3/p+1. The van der Waals surface area contributed by atoms with Gasteiger partial charge in [0.2, 0.25) is 0 Å². The largest absolute Gasteiger partial charge is 0.458 e. The molecule has 1 amide bonds. The van der Waals surface area contributed by atoms with Gasteiger partial charge in [-0.05, 0) is 56.7 Å². The van der Waals surface area contributed by atoms with Crippen molar-refractivity contribution < 1.29 is 14.3 Å². The van der Waals surface area contributed by atoms with Crippen molar-refractivity contribution in [2.75, 3.05) is 30.0 Å². The van der Waals surface area contributed by atoms with Crippen molar-refractivity contribution in [2.24, 2.45) is 0 Å². The van der Waals surface area contributed by atoms with Gasteiger partial charge in [-0.25, -0.2) is 4.79 Å². The number of carbonyl (C=O) groups is 2. The monoisotopic (exact) mass is 426 g/mol. The molecule has 0 radical (unpaired) electrons. The number of nitrogens with one attached hydrogen (secondary N) is 1. The summed E-state index contributed by atoms with van der Waals surface area (Å²) in [6.45, 7) is 6.42. The summed E-state index contributed by atoms with van der Waals surface area (Å²) in [6.07, 6.45) is 6.31. The Bertz CT molecular complexity index is 866. The van der Waals surface area contributed by atoms with Crippen LogP contribution in [0.1, 0.15) is 41.5 Å². The average molecular weight is 427 g/mol. The van der Waals surface area contributed by atoms with E-state index in [9.17, 15) is 9.59 Å². The van der Waals surface area contributed by atoms with Crippen LogP contribution in [-0.2, 0) is 20.9 Å². The van der Waals surface area contributed by atoms with Crippen molar-refractivity contribution in [3.63, 3.8) is 0 Å². The summed E-state index contributed by atoms with van der Waals surface area (Å²) in [5.41, 5.74) is 5.26. The highest BCUT2D eigenvalue weighted by Crippen LogP contribution is 2.62. The molecule has 4 nitrogen and oxygen atoms in total. The van der Waals surface area contributed by atoms with Crippen LogP contribution < -0.4 is 5.32 Å². The molecule has 0 saturated carbocycles. The molecule has 0 aromatic heterocycles. The summed E-state index contributed by atoms with van der Waals surface area (Å²) < 4.78 is 5.56. The smallest absolute Gasteiger partial charge is 0.344 e. The van der Waals surface area contributed by atoms with Crippen LogP contribution in [0.4, 0.5) is 5.69 Å². The predicted molar refractivity (Wildman–Crippen MR) is 126 cm³/mol. The predicted octanol–water partition coefficient (Wildman–Crippen LogP) is 5.50. The van der Waals surface area contributed by atoms with Gasteiger partial charge < -0.3 is 10.1 Å². The van der Waals surface area contributed by atoms with Gasteiger partial charge in [-0.2, -0.15) is 0 Å². The van der Waals surface area contributed by atoms with Crippen molar-refractivity contribution >= 4 is 24.8 Å². The van der Waals surface area contributed by atoms with E-state index in [4.69, 9.17) is 4.74 Å². The van der Waals surface area contributed by atoms with E-state index in [2.05, 4.69) is 24.4 Å². The molecule has 160 valence electrons. The molecular weight excluding hydrogens is 393 g/mol. The van der Waals surface area contributed by atoms with Gasteiger partial charge in [0.25, 0.3) is 5.91 Å². The summed E-state index contributed by atoms with van der Waals surface area (Å²) in [5, 5.41) is 3.15. The molecule has 0 unspecified atom stereocenters. The summed E-state index contributed by atoms with van der Waals surface area (Å²) in [4.78, 5) is 25.6. The first-order chi connectivity index (χ1) is 14.4. The normalized spacial score (nSPS) is 15.4. The summed E-state index contributed by atoms with van der Waals surface area (Å²) in [7, 11) is -1.69. The van der Waals surface area contributed by atoms with Crippen molar-refractivity contribution in [1.82, 2.24) is 0 Å². The van der Waals surface area contributed by atoms with E-state index in [0.29, 0.717) is 18.9 Å². The van der Waals surface area contributed by atoms with Crippen molar-refractivity contribution in [3.05, 3.63) is 64.7 Å². The van der Waals surface area contributed by atoms with Gasteiger partial charge in [0.15, 0.2) is 6.16 Å². The summed E-state index contributed by atoms with van der Waals surface area (Å²) in [5.74, 6) is -0.124. The lowest BCUT2D eigenvalue weighted by Crippen LogP contribution is -2.28. The van der Waals surface area contributed by atoms with Crippen molar-refractivity contribution in [2.45, 2.75) is 46.6 Å². The molecule has 0 spiro atoms. The summed E-state index contributed by atoms with van der Waals surface area (Å²) >= 11 is 0. The van der Waals surface area contributed by atoms with E-state index in [1.807, 2.05) is 44.2 Å². The second-order valence-corrected chi connectivity index (χ2v) is 12.8. The highest BCUT2D eigenvalue weighted by atomic mass is 31.2.